The van der Waals surface area contributed by atoms with Gasteiger partial charge >= 0.3 is 0 Å². The smallest absolute Gasteiger partial charge is 0.121 e. The summed E-state index contributed by atoms with van der Waals surface area (Å²) in [7, 11) is 3.32. The summed E-state index contributed by atoms with van der Waals surface area (Å²) in [4.78, 5) is 0. The maximum Gasteiger partial charge on any atom is 0.121 e. The first kappa shape index (κ1) is 14.3. The third-order valence-corrected chi connectivity index (χ3v) is 2.86. The number of anilines is 1. The van der Waals surface area contributed by atoms with Gasteiger partial charge in [-0.2, -0.15) is 0 Å². The van der Waals surface area contributed by atoms with E-state index in [0.717, 1.165) is 22.5 Å². The van der Waals surface area contributed by atoms with Crippen LogP contribution in [0.15, 0.2) is 22.7 Å². The second-order valence-corrected chi connectivity index (χ2v) is 4.23. The third kappa shape index (κ3) is 5.39. The molecule has 1 aromatic rings. The predicted molar refractivity (Wildman–Crippen MR) is 71.9 cm³/mol. The molecule has 0 aliphatic rings. The molecule has 0 unspecified atom stereocenters. The molecule has 0 spiro atoms. The van der Waals surface area contributed by atoms with Crippen LogP contribution >= 0.6 is 15.9 Å². The number of hydrogen-bond acceptors (Lipinski definition) is 4. The SMILES string of the molecule is COCCOCCNc1cc(OC)ccc1Br. The van der Waals surface area contributed by atoms with Crippen molar-refractivity contribution in [3.63, 3.8) is 0 Å². The molecular formula is C12H18BrNO3. The van der Waals surface area contributed by atoms with Gasteiger partial charge in [0.2, 0.25) is 0 Å². The van der Waals surface area contributed by atoms with E-state index >= 15 is 0 Å². The number of halogens is 1. The van der Waals surface area contributed by atoms with Gasteiger partial charge in [-0.1, -0.05) is 0 Å². The maximum atomic E-state index is 5.36. The van der Waals surface area contributed by atoms with Gasteiger partial charge in [-0.15, -0.1) is 0 Å². The Labute approximate surface area is 110 Å². The fourth-order valence-electron chi connectivity index (χ4n) is 1.27. The highest BCUT2D eigenvalue weighted by Gasteiger charge is 2.01. The first-order valence-electron chi connectivity index (χ1n) is 5.42. The lowest BCUT2D eigenvalue weighted by atomic mass is 10.3. The van der Waals surface area contributed by atoms with E-state index < -0.39 is 0 Å². The normalized spacial score (nSPS) is 10.3. The quantitative estimate of drug-likeness (QED) is 0.749. The summed E-state index contributed by atoms with van der Waals surface area (Å²) in [6.07, 6.45) is 0. The Morgan fingerprint density at radius 2 is 2.00 bits per heavy atom. The minimum Gasteiger partial charge on any atom is -0.497 e. The van der Waals surface area contributed by atoms with Gasteiger partial charge in [0.1, 0.15) is 5.75 Å². The highest BCUT2D eigenvalue weighted by Crippen LogP contribution is 2.26. The van der Waals surface area contributed by atoms with Crippen LogP contribution in [-0.4, -0.2) is 40.6 Å². The first-order chi connectivity index (χ1) is 8.27. The number of benzene rings is 1. The summed E-state index contributed by atoms with van der Waals surface area (Å²) in [5.74, 6) is 0.830. The molecule has 0 atom stereocenters. The van der Waals surface area contributed by atoms with Gasteiger partial charge in [-0.3, -0.25) is 0 Å². The van der Waals surface area contributed by atoms with Crippen LogP contribution in [0.4, 0.5) is 5.69 Å². The van der Waals surface area contributed by atoms with Crippen LogP contribution in [0, 0.1) is 0 Å². The van der Waals surface area contributed by atoms with Crippen LogP contribution in [0.2, 0.25) is 0 Å². The fourth-order valence-corrected chi connectivity index (χ4v) is 1.66. The van der Waals surface area contributed by atoms with Gasteiger partial charge in [-0.25, -0.2) is 0 Å². The Kier molecular flexibility index (Phi) is 7.00. The van der Waals surface area contributed by atoms with Gasteiger partial charge in [0, 0.05) is 24.2 Å². The van der Waals surface area contributed by atoms with E-state index in [0.29, 0.717) is 19.8 Å². The Morgan fingerprint density at radius 1 is 1.18 bits per heavy atom. The van der Waals surface area contributed by atoms with Crippen LogP contribution < -0.4 is 10.1 Å². The Hall–Kier alpha value is -0.780. The van der Waals surface area contributed by atoms with Crippen molar-refractivity contribution in [1.29, 1.82) is 0 Å². The lowest BCUT2D eigenvalue weighted by molar-refractivity contribution is 0.0759. The molecule has 0 aliphatic carbocycles. The van der Waals surface area contributed by atoms with E-state index in [-0.39, 0.29) is 0 Å². The van der Waals surface area contributed by atoms with Crippen LogP contribution in [0.25, 0.3) is 0 Å². The average Bonchev–Trinajstić information content (AvgIpc) is 2.35. The van der Waals surface area contributed by atoms with Crippen molar-refractivity contribution in [1.82, 2.24) is 0 Å². The van der Waals surface area contributed by atoms with E-state index in [9.17, 15) is 0 Å². The summed E-state index contributed by atoms with van der Waals surface area (Å²) in [6, 6.07) is 5.80. The minimum absolute atomic E-state index is 0.622. The van der Waals surface area contributed by atoms with E-state index in [2.05, 4.69) is 21.2 Å². The Bertz CT molecular complexity index is 334. The number of methoxy groups -OCH3 is 2. The van der Waals surface area contributed by atoms with Crippen molar-refractivity contribution in [2.75, 3.05) is 45.9 Å². The molecule has 0 radical (unpaired) electrons. The molecule has 96 valence electrons. The third-order valence-electron chi connectivity index (χ3n) is 2.17. The van der Waals surface area contributed by atoms with Crippen LogP contribution in [-0.2, 0) is 9.47 Å². The van der Waals surface area contributed by atoms with Crippen molar-refractivity contribution < 1.29 is 14.2 Å². The molecule has 1 rings (SSSR count). The average molecular weight is 304 g/mol. The molecular weight excluding hydrogens is 286 g/mol. The molecule has 0 aliphatic heterocycles. The lowest BCUT2D eigenvalue weighted by Crippen LogP contribution is -2.12. The lowest BCUT2D eigenvalue weighted by Gasteiger charge is -2.10. The number of rotatable bonds is 8. The summed E-state index contributed by atoms with van der Waals surface area (Å²) < 4.78 is 16.4. The van der Waals surface area contributed by atoms with Crippen molar-refractivity contribution in [3.05, 3.63) is 22.7 Å². The van der Waals surface area contributed by atoms with Gasteiger partial charge < -0.3 is 19.5 Å². The van der Waals surface area contributed by atoms with E-state index in [1.807, 2.05) is 18.2 Å². The highest BCUT2D eigenvalue weighted by molar-refractivity contribution is 9.10. The molecule has 0 aromatic heterocycles. The van der Waals surface area contributed by atoms with Crippen LogP contribution in [0.5, 0.6) is 5.75 Å². The molecule has 5 heteroatoms. The molecule has 0 bridgehead atoms. The molecule has 0 fully saturated rings. The molecule has 1 N–H and O–H groups in total. The van der Waals surface area contributed by atoms with E-state index in [1.165, 1.54) is 0 Å². The van der Waals surface area contributed by atoms with Crippen molar-refractivity contribution in [2.45, 2.75) is 0 Å². The first-order valence-corrected chi connectivity index (χ1v) is 6.21. The Morgan fingerprint density at radius 3 is 2.71 bits per heavy atom. The molecule has 0 saturated carbocycles. The number of hydrogen-bond donors (Lipinski definition) is 1. The summed E-state index contributed by atoms with van der Waals surface area (Å²) in [5.41, 5.74) is 1.000. The van der Waals surface area contributed by atoms with E-state index in [1.54, 1.807) is 14.2 Å². The number of nitrogens with one attached hydrogen (secondary N) is 1. The molecule has 4 nitrogen and oxygen atoms in total. The maximum absolute atomic E-state index is 5.36. The van der Waals surface area contributed by atoms with Crippen LogP contribution in [0.3, 0.4) is 0 Å². The molecule has 0 saturated heterocycles. The summed E-state index contributed by atoms with van der Waals surface area (Å²) in [5, 5.41) is 3.27. The zero-order valence-electron chi connectivity index (χ0n) is 10.2. The molecule has 1 aromatic carbocycles. The van der Waals surface area contributed by atoms with E-state index in [4.69, 9.17) is 14.2 Å². The van der Waals surface area contributed by atoms with Gasteiger partial charge in [-0.05, 0) is 28.1 Å². The molecule has 0 heterocycles. The summed E-state index contributed by atoms with van der Waals surface area (Å²) in [6.45, 7) is 2.64. The Balaban J connectivity index is 2.30. The zero-order chi connectivity index (χ0) is 12.5. The molecule has 17 heavy (non-hydrogen) atoms. The van der Waals surface area contributed by atoms with Crippen molar-refractivity contribution >= 4 is 21.6 Å². The minimum atomic E-state index is 0.622. The van der Waals surface area contributed by atoms with Gasteiger partial charge in [0.05, 0.1) is 32.6 Å². The van der Waals surface area contributed by atoms with Gasteiger partial charge in [0.15, 0.2) is 0 Å². The van der Waals surface area contributed by atoms with Crippen molar-refractivity contribution in [2.24, 2.45) is 0 Å². The monoisotopic (exact) mass is 303 g/mol. The molecule has 0 amide bonds. The predicted octanol–water partition coefficient (Wildman–Crippen LogP) is 2.53. The second-order valence-electron chi connectivity index (χ2n) is 3.38. The van der Waals surface area contributed by atoms with Crippen LogP contribution in [0.1, 0.15) is 0 Å². The second kappa shape index (κ2) is 8.33. The highest BCUT2D eigenvalue weighted by atomic mass is 79.9. The topological polar surface area (TPSA) is 39.7 Å². The largest absolute Gasteiger partial charge is 0.497 e. The standard InChI is InChI=1S/C12H18BrNO3/c1-15-7-8-17-6-5-14-12-9-10(16-2)3-4-11(12)13/h3-4,9,14H,5-8H2,1-2H3. The number of ether oxygens (including phenoxy) is 3. The fraction of sp³-hybridized carbons (Fsp3) is 0.500. The van der Waals surface area contributed by atoms with Gasteiger partial charge in [0.25, 0.3) is 0 Å². The van der Waals surface area contributed by atoms with Crippen molar-refractivity contribution in [3.8, 4) is 5.75 Å². The summed E-state index contributed by atoms with van der Waals surface area (Å²) >= 11 is 3.47. The zero-order valence-corrected chi connectivity index (χ0v) is 11.7.